The third-order valence-corrected chi connectivity index (χ3v) is 6.95. The average Bonchev–Trinajstić information content (AvgIpc) is 2.95. The first-order chi connectivity index (χ1) is 9.86. The quantitative estimate of drug-likeness (QED) is 0.904. The smallest absolute Gasteiger partial charge is 0.252 e. The van der Waals surface area contributed by atoms with Crippen LogP contribution in [0.15, 0.2) is 39.9 Å². The Labute approximate surface area is 133 Å². The van der Waals surface area contributed by atoms with Gasteiger partial charge in [0, 0.05) is 18.1 Å². The Morgan fingerprint density at radius 1 is 1.38 bits per heavy atom. The molecular weight excluding hydrogens is 330 g/mol. The molecule has 1 unspecified atom stereocenters. The Balaban J connectivity index is 2.31. The summed E-state index contributed by atoms with van der Waals surface area (Å²) in [6.07, 6.45) is 0. The van der Waals surface area contributed by atoms with Crippen LogP contribution >= 0.6 is 22.9 Å². The first-order valence-corrected chi connectivity index (χ1v) is 8.98. The number of aliphatic hydroxyl groups is 1. The van der Waals surface area contributed by atoms with E-state index in [0.717, 1.165) is 16.9 Å². The topological polar surface area (TPSA) is 57.6 Å². The molecule has 2 aromatic rings. The van der Waals surface area contributed by atoms with E-state index in [1.165, 1.54) is 10.4 Å². The molecule has 1 aromatic carbocycles. The fourth-order valence-corrected chi connectivity index (χ4v) is 4.83. The van der Waals surface area contributed by atoms with Gasteiger partial charge in [-0.3, -0.25) is 0 Å². The molecule has 1 N–H and O–H groups in total. The SMILES string of the molecule is CC(c1cccc(Cl)c1)N(C)S(=O)(=O)c1cc(CO)cs1. The highest BCUT2D eigenvalue weighted by atomic mass is 35.5. The zero-order valence-corrected chi connectivity index (χ0v) is 14.0. The summed E-state index contributed by atoms with van der Waals surface area (Å²) >= 11 is 7.06. The van der Waals surface area contributed by atoms with Crippen LogP contribution in [0, 0.1) is 0 Å². The van der Waals surface area contributed by atoms with Crippen molar-refractivity contribution in [1.29, 1.82) is 0 Å². The predicted molar refractivity (Wildman–Crippen MR) is 85.1 cm³/mol. The zero-order valence-electron chi connectivity index (χ0n) is 11.7. The predicted octanol–water partition coefficient (Wildman–Crippen LogP) is 3.28. The maximum Gasteiger partial charge on any atom is 0.252 e. The van der Waals surface area contributed by atoms with Crippen molar-refractivity contribution in [2.24, 2.45) is 0 Å². The highest BCUT2D eigenvalue weighted by Crippen LogP contribution is 2.30. The molecule has 0 amide bonds. The number of sulfonamides is 1. The van der Waals surface area contributed by atoms with Gasteiger partial charge in [0.2, 0.25) is 0 Å². The molecule has 1 atom stereocenters. The van der Waals surface area contributed by atoms with Gasteiger partial charge >= 0.3 is 0 Å². The molecule has 21 heavy (non-hydrogen) atoms. The van der Waals surface area contributed by atoms with Gasteiger partial charge in [-0.1, -0.05) is 23.7 Å². The van der Waals surface area contributed by atoms with Gasteiger partial charge in [0.15, 0.2) is 0 Å². The van der Waals surface area contributed by atoms with E-state index in [0.29, 0.717) is 10.6 Å². The van der Waals surface area contributed by atoms with Crippen molar-refractivity contribution < 1.29 is 13.5 Å². The molecule has 2 rings (SSSR count). The van der Waals surface area contributed by atoms with Gasteiger partial charge in [-0.2, -0.15) is 4.31 Å². The van der Waals surface area contributed by atoms with Crippen molar-refractivity contribution in [1.82, 2.24) is 4.31 Å². The molecule has 0 aliphatic rings. The van der Waals surface area contributed by atoms with E-state index in [2.05, 4.69) is 0 Å². The molecule has 0 radical (unpaired) electrons. The number of benzene rings is 1. The Kier molecular flexibility index (Phi) is 5.06. The molecule has 4 nitrogen and oxygen atoms in total. The van der Waals surface area contributed by atoms with E-state index in [4.69, 9.17) is 16.7 Å². The summed E-state index contributed by atoms with van der Waals surface area (Å²) in [7, 11) is -2.05. The van der Waals surface area contributed by atoms with Crippen molar-refractivity contribution in [3.63, 3.8) is 0 Å². The maximum atomic E-state index is 12.6. The lowest BCUT2D eigenvalue weighted by Crippen LogP contribution is -2.29. The normalized spacial score (nSPS) is 13.6. The summed E-state index contributed by atoms with van der Waals surface area (Å²) in [6.45, 7) is 1.64. The van der Waals surface area contributed by atoms with Crippen LogP contribution < -0.4 is 0 Å². The Morgan fingerprint density at radius 3 is 2.67 bits per heavy atom. The van der Waals surface area contributed by atoms with Crippen LogP contribution in [0.5, 0.6) is 0 Å². The van der Waals surface area contributed by atoms with E-state index in [-0.39, 0.29) is 16.9 Å². The van der Waals surface area contributed by atoms with Crippen LogP contribution in [0.25, 0.3) is 0 Å². The molecule has 0 aliphatic carbocycles. The van der Waals surface area contributed by atoms with Gasteiger partial charge in [0.1, 0.15) is 4.21 Å². The van der Waals surface area contributed by atoms with Crippen molar-refractivity contribution >= 4 is 33.0 Å². The molecule has 1 heterocycles. The molecular formula is C14H16ClNO3S2. The number of thiophene rings is 1. The summed E-state index contributed by atoms with van der Waals surface area (Å²) in [5, 5.41) is 11.3. The maximum absolute atomic E-state index is 12.6. The summed E-state index contributed by atoms with van der Waals surface area (Å²) in [5.41, 5.74) is 1.43. The number of hydrogen-bond acceptors (Lipinski definition) is 4. The minimum atomic E-state index is -3.59. The lowest BCUT2D eigenvalue weighted by molar-refractivity contribution is 0.282. The third-order valence-electron chi connectivity index (χ3n) is 3.32. The van der Waals surface area contributed by atoms with Gasteiger partial charge in [0.05, 0.1) is 6.61 Å². The Hall–Kier alpha value is -0.920. The van der Waals surface area contributed by atoms with Gasteiger partial charge in [-0.05, 0) is 41.6 Å². The van der Waals surface area contributed by atoms with Gasteiger partial charge in [-0.15, -0.1) is 11.3 Å². The van der Waals surface area contributed by atoms with E-state index < -0.39 is 10.0 Å². The van der Waals surface area contributed by atoms with E-state index in [1.54, 1.807) is 30.6 Å². The second-order valence-corrected chi connectivity index (χ2v) is 8.26. The molecule has 0 fully saturated rings. The molecule has 0 saturated heterocycles. The first-order valence-electron chi connectivity index (χ1n) is 6.28. The van der Waals surface area contributed by atoms with Crippen molar-refractivity contribution in [3.05, 3.63) is 51.9 Å². The van der Waals surface area contributed by atoms with Crippen molar-refractivity contribution in [3.8, 4) is 0 Å². The standard InChI is InChI=1S/C14H16ClNO3S2/c1-10(12-4-3-5-13(15)7-12)16(2)21(18,19)14-6-11(8-17)9-20-14/h3-7,9-10,17H,8H2,1-2H3. The van der Waals surface area contributed by atoms with Crippen LogP contribution in [0.1, 0.15) is 24.1 Å². The number of hydrogen-bond donors (Lipinski definition) is 1. The van der Waals surface area contributed by atoms with Crippen molar-refractivity contribution in [2.45, 2.75) is 23.8 Å². The Morgan fingerprint density at radius 2 is 2.10 bits per heavy atom. The van der Waals surface area contributed by atoms with Gasteiger partial charge in [-0.25, -0.2) is 8.42 Å². The number of rotatable bonds is 5. The van der Waals surface area contributed by atoms with Gasteiger partial charge < -0.3 is 5.11 Å². The van der Waals surface area contributed by atoms with E-state index >= 15 is 0 Å². The van der Waals surface area contributed by atoms with Crippen LogP contribution in [0.3, 0.4) is 0 Å². The summed E-state index contributed by atoms with van der Waals surface area (Å²) in [6, 6.07) is 8.31. The molecule has 1 aromatic heterocycles. The van der Waals surface area contributed by atoms with Crippen LogP contribution in [0.4, 0.5) is 0 Å². The molecule has 0 aliphatic heterocycles. The molecule has 0 bridgehead atoms. The monoisotopic (exact) mass is 345 g/mol. The lowest BCUT2D eigenvalue weighted by Gasteiger charge is -2.24. The highest BCUT2D eigenvalue weighted by molar-refractivity contribution is 7.91. The average molecular weight is 346 g/mol. The fourth-order valence-electron chi connectivity index (χ4n) is 1.90. The summed E-state index contributed by atoms with van der Waals surface area (Å²) < 4.78 is 26.7. The minimum Gasteiger partial charge on any atom is -0.392 e. The number of nitrogens with zero attached hydrogens (tertiary/aromatic N) is 1. The van der Waals surface area contributed by atoms with E-state index in [1.807, 2.05) is 13.0 Å². The number of aliphatic hydroxyl groups excluding tert-OH is 1. The fraction of sp³-hybridized carbons (Fsp3) is 0.286. The second-order valence-electron chi connectivity index (χ2n) is 4.68. The summed E-state index contributed by atoms with van der Waals surface area (Å²) in [5.74, 6) is 0. The minimum absolute atomic E-state index is 0.167. The molecule has 0 saturated carbocycles. The largest absolute Gasteiger partial charge is 0.392 e. The third kappa shape index (κ3) is 3.46. The Bertz CT molecular complexity index is 727. The van der Waals surface area contributed by atoms with E-state index in [9.17, 15) is 8.42 Å². The van der Waals surface area contributed by atoms with Crippen molar-refractivity contribution in [2.75, 3.05) is 7.05 Å². The number of halogens is 1. The van der Waals surface area contributed by atoms with Crippen LogP contribution in [-0.2, 0) is 16.6 Å². The zero-order chi connectivity index (χ0) is 15.6. The second kappa shape index (κ2) is 6.46. The molecule has 7 heteroatoms. The molecule has 0 spiro atoms. The van der Waals surface area contributed by atoms with Crippen LogP contribution in [-0.4, -0.2) is 24.9 Å². The summed E-state index contributed by atoms with van der Waals surface area (Å²) in [4.78, 5) is 0. The van der Waals surface area contributed by atoms with Crippen LogP contribution in [0.2, 0.25) is 5.02 Å². The molecule has 114 valence electrons. The van der Waals surface area contributed by atoms with Gasteiger partial charge in [0.25, 0.3) is 10.0 Å². The highest BCUT2D eigenvalue weighted by Gasteiger charge is 2.27. The lowest BCUT2D eigenvalue weighted by atomic mass is 10.1. The first kappa shape index (κ1) is 16.5.